The zero-order chi connectivity index (χ0) is 6.85. The molecule has 0 heterocycles. The second kappa shape index (κ2) is 3.19. The molecular formula is C6H3BiCl2. The molecule has 1 aromatic carbocycles. The van der Waals surface area contributed by atoms with E-state index in [1.165, 1.54) is 28.0 Å². The maximum absolute atomic E-state index is 5.70. The summed E-state index contributed by atoms with van der Waals surface area (Å²) in [6.45, 7) is 0. The molecule has 0 unspecified atom stereocenters. The molecule has 0 saturated carbocycles. The first kappa shape index (κ1) is 7.79. The molecule has 46 valence electrons. The van der Waals surface area contributed by atoms with Crippen LogP contribution in [0.15, 0.2) is 18.2 Å². The van der Waals surface area contributed by atoms with Crippen LogP contribution < -0.4 is 3.27 Å². The molecule has 3 heteroatoms. The summed E-state index contributed by atoms with van der Waals surface area (Å²) in [5.41, 5.74) is 0. The van der Waals surface area contributed by atoms with E-state index >= 15 is 0 Å². The Morgan fingerprint density at radius 2 is 1.78 bits per heavy atom. The summed E-state index contributed by atoms with van der Waals surface area (Å²) in [7, 11) is 0. The number of hydrogen-bond donors (Lipinski definition) is 0. The number of rotatable bonds is 0. The third-order valence-corrected chi connectivity index (χ3v) is 2.72. The molecule has 1 aromatic rings. The van der Waals surface area contributed by atoms with E-state index in [1.54, 1.807) is 0 Å². The average Bonchev–Trinajstić information content (AvgIpc) is 1.80. The molecule has 9 heavy (non-hydrogen) atoms. The van der Waals surface area contributed by atoms with Gasteiger partial charge in [-0.25, -0.2) is 0 Å². The summed E-state index contributed by atoms with van der Waals surface area (Å²) in [5, 5.41) is 1.28. The molecule has 0 N–H and O–H groups in total. The molecule has 2 radical (unpaired) electrons. The first-order chi connectivity index (χ1) is 4.20. The van der Waals surface area contributed by atoms with Crippen LogP contribution in [0, 0.1) is 0 Å². The first-order valence-corrected chi connectivity index (χ1v) is 4.83. The van der Waals surface area contributed by atoms with E-state index in [9.17, 15) is 0 Å². The van der Waals surface area contributed by atoms with Gasteiger partial charge in [0.2, 0.25) is 0 Å². The van der Waals surface area contributed by atoms with Gasteiger partial charge in [-0.3, -0.25) is 0 Å². The average molecular weight is 355 g/mol. The van der Waals surface area contributed by atoms with Gasteiger partial charge in [-0.05, 0) is 0 Å². The van der Waals surface area contributed by atoms with Gasteiger partial charge in [-0.2, -0.15) is 0 Å². The molecule has 0 atom stereocenters. The van der Waals surface area contributed by atoms with Crippen LogP contribution in [0.2, 0.25) is 10.0 Å². The molecule has 0 spiro atoms. The van der Waals surface area contributed by atoms with Gasteiger partial charge < -0.3 is 0 Å². The van der Waals surface area contributed by atoms with E-state index in [-0.39, 0.29) is 0 Å². The van der Waals surface area contributed by atoms with E-state index in [2.05, 4.69) is 0 Å². The number of benzene rings is 1. The Morgan fingerprint density at radius 3 is 2.22 bits per heavy atom. The van der Waals surface area contributed by atoms with Gasteiger partial charge in [0.1, 0.15) is 0 Å². The Bertz CT molecular complexity index is 222. The van der Waals surface area contributed by atoms with Crippen LogP contribution in [0.1, 0.15) is 0 Å². The monoisotopic (exact) mass is 354 g/mol. The molecule has 0 aliphatic heterocycles. The van der Waals surface area contributed by atoms with Crippen molar-refractivity contribution in [2.75, 3.05) is 0 Å². The molecule has 0 amide bonds. The SMILES string of the molecule is Clc1cc[c]([Bi])cc1Cl. The van der Waals surface area contributed by atoms with Crippen molar-refractivity contribution in [1.82, 2.24) is 0 Å². The Kier molecular flexibility index (Phi) is 2.76. The molecule has 0 saturated heterocycles. The molecule has 0 bridgehead atoms. The molecule has 0 aliphatic carbocycles. The Labute approximate surface area is 79.0 Å². The van der Waals surface area contributed by atoms with Crippen molar-refractivity contribution in [2.24, 2.45) is 0 Å². The third-order valence-electron chi connectivity index (χ3n) is 0.903. The van der Waals surface area contributed by atoms with Crippen LogP contribution >= 0.6 is 23.2 Å². The van der Waals surface area contributed by atoms with Gasteiger partial charge in [-0.1, -0.05) is 0 Å². The fourth-order valence-electron chi connectivity index (χ4n) is 0.485. The van der Waals surface area contributed by atoms with Crippen LogP contribution in [-0.4, -0.2) is 24.7 Å². The van der Waals surface area contributed by atoms with Crippen LogP contribution in [0.4, 0.5) is 0 Å². The second-order valence-electron chi connectivity index (χ2n) is 1.60. The van der Waals surface area contributed by atoms with E-state index in [1.807, 2.05) is 18.2 Å². The summed E-state index contributed by atoms with van der Waals surface area (Å²) < 4.78 is 1.24. The van der Waals surface area contributed by atoms with Crippen LogP contribution in [-0.2, 0) is 0 Å². The van der Waals surface area contributed by atoms with Crippen LogP contribution in [0.3, 0.4) is 0 Å². The molecule has 0 aliphatic rings. The molecule has 1 rings (SSSR count). The van der Waals surface area contributed by atoms with E-state index in [4.69, 9.17) is 23.2 Å². The molecule has 0 aromatic heterocycles. The zero-order valence-corrected chi connectivity index (χ0v) is 9.42. The predicted molar refractivity (Wildman–Crippen MR) is 41.9 cm³/mol. The van der Waals surface area contributed by atoms with E-state index in [0.29, 0.717) is 10.0 Å². The van der Waals surface area contributed by atoms with Gasteiger partial charge >= 0.3 is 79.4 Å². The summed E-state index contributed by atoms with van der Waals surface area (Å²) >= 11 is 12.6. The minimum atomic E-state index is 0.631. The summed E-state index contributed by atoms with van der Waals surface area (Å²) in [6, 6.07) is 5.68. The normalized spacial score (nSPS) is 9.67. The van der Waals surface area contributed by atoms with Crippen molar-refractivity contribution < 1.29 is 0 Å². The standard InChI is InChI=1S/C6H3Cl2.Bi/c7-5-3-1-2-4-6(5)8;/h1,3-4H;. The van der Waals surface area contributed by atoms with Crippen molar-refractivity contribution in [3.05, 3.63) is 28.2 Å². The van der Waals surface area contributed by atoms with Crippen LogP contribution in [0.5, 0.6) is 0 Å². The summed E-state index contributed by atoms with van der Waals surface area (Å²) in [5.74, 6) is 0. The molecule has 0 nitrogen and oxygen atoms in total. The van der Waals surface area contributed by atoms with Gasteiger partial charge in [0, 0.05) is 0 Å². The van der Waals surface area contributed by atoms with Crippen molar-refractivity contribution in [1.29, 1.82) is 0 Å². The van der Waals surface area contributed by atoms with Crippen molar-refractivity contribution in [2.45, 2.75) is 0 Å². The first-order valence-electron chi connectivity index (χ1n) is 2.34. The topological polar surface area (TPSA) is 0 Å². The predicted octanol–water partition coefficient (Wildman–Crippen LogP) is 1.79. The third kappa shape index (κ3) is 2.07. The quantitative estimate of drug-likeness (QED) is 0.623. The van der Waals surface area contributed by atoms with E-state index in [0.717, 1.165) is 0 Å². The fourth-order valence-corrected chi connectivity index (χ4v) is 1.89. The Morgan fingerprint density at radius 1 is 1.11 bits per heavy atom. The second-order valence-corrected chi connectivity index (χ2v) is 4.42. The Balaban J connectivity index is 3.17. The van der Waals surface area contributed by atoms with Crippen LogP contribution in [0.25, 0.3) is 0 Å². The summed E-state index contributed by atoms with van der Waals surface area (Å²) in [6.07, 6.45) is 0. The van der Waals surface area contributed by atoms with Crippen molar-refractivity contribution in [3.8, 4) is 0 Å². The van der Waals surface area contributed by atoms with Crippen molar-refractivity contribution in [3.63, 3.8) is 0 Å². The van der Waals surface area contributed by atoms with E-state index < -0.39 is 0 Å². The van der Waals surface area contributed by atoms with Crippen molar-refractivity contribution >= 4 is 51.2 Å². The summed E-state index contributed by atoms with van der Waals surface area (Å²) in [4.78, 5) is 0. The maximum atomic E-state index is 5.70. The molecular weight excluding hydrogens is 352 g/mol. The molecule has 0 fully saturated rings. The Hall–Kier alpha value is 0.683. The fraction of sp³-hybridized carbons (Fsp3) is 0. The minimum absolute atomic E-state index is 0.631. The van der Waals surface area contributed by atoms with Gasteiger partial charge in [0.05, 0.1) is 0 Å². The number of halogens is 2. The number of hydrogen-bond acceptors (Lipinski definition) is 0. The van der Waals surface area contributed by atoms with Gasteiger partial charge in [-0.15, -0.1) is 0 Å². The van der Waals surface area contributed by atoms with Gasteiger partial charge in [0.15, 0.2) is 0 Å². The van der Waals surface area contributed by atoms with Gasteiger partial charge in [0.25, 0.3) is 0 Å². The zero-order valence-electron chi connectivity index (χ0n) is 4.44.